The number of methoxy groups -OCH3 is 1. The van der Waals surface area contributed by atoms with Gasteiger partial charge in [0.2, 0.25) is 5.91 Å². The van der Waals surface area contributed by atoms with Gasteiger partial charge in [-0.15, -0.1) is 0 Å². The van der Waals surface area contributed by atoms with Crippen molar-refractivity contribution >= 4 is 5.91 Å². The minimum atomic E-state index is 0.0246. The van der Waals surface area contributed by atoms with Gasteiger partial charge >= 0.3 is 0 Å². The summed E-state index contributed by atoms with van der Waals surface area (Å²) < 4.78 is 10.7. The number of aryl methyl sites for hydroxylation is 1. The first-order valence-electron chi connectivity index (χ1n) is 7.88. The van der Waals surface area contributed by atoms with Crippen LogP contribution in [0.5, 0.6) is 17.2 Å². The zero-order valence-corrected chi connectivity index (χ0v) is 14.1. The Morgan fingerprint density at radius 1 is 1.08 bits per heavy atom. The number of phenols is 1. The molecule has 24 heavy (non-hydrogen) atoms. The molecule has 0 saturated carbocycles. The fourth-order valence-corrected chi connectivity index (χ4v) is 2.25. The first kappa shape index (κ1) is 17.7. The lowest BCUT2D eigenvalue weighted by Crippen LogP contribution is -2.31. The summed E-state index contributed by atoms with van der Waals surface area (Å²) >= 11 is 0. The second kappa shape index (κ2) is 8.82. The van der Waals surface area contributed by atoms with E-state index in [1.165, 1.54) is 0 Å². The van der Waals surface area contributed by atoms with Crippen LogP contribution in [-0.4, -0.2) is 43.2 Å². The number of amides is 1. The normalized spacial score (nSPS) is 10.2. The summed E-state index contributed by atoms with van der Waals surface area (Å²) in [5.41, 5.74) is 0.786. The van der Waals surface area contributed by atoms with Crippen LogP contribution < -0.4 is 9.47 Å². The molecule has 0 atom stereocenters. The molecule has 0 aliphatic carbocycles. The Morgan fingerprint density at radius 2 is 1.75 bits per heavy atom. The SMILES string of the molecule is COc1ccc(OCCN(C)C(=O)CCc2ccccc2O)cc1. The Bertz CT molecular complexity index is 655. The molecule has 5 heteroatoms. The molecule has 0 saturated heterocycles. The topological polar surface area (TPSA) is 59.0 Å². The number of aromatic hydroxyl groups is 1. The minimum Gasteiger partial charge on any atom is -0.508 e. The highest BCUT2D eigenvalue weighted by Gasteiger charge is 2.10. The number of carbonyl (C=O) groups is 1. The molecule has 2 aromatic rings. The molecule has 2 aromatic carbocycles. The van der Waals surface area contributed by atoms with E-state index < -0.39 is 0 Å². The Hall–Kier alpha value is -2.69. The van der Waals surface area contributed by atoms with Crippen molar-refractivity contribution in [3.8, 4) is 17.2 Å². The summed E-state index contributed by atoms with van der Waals surface area (Å²) in [6.45, 7) is 0.927. The lowest BCUT2D eigenvalue weighted by Gasteiger charge is -2.17. The van der Waals surface area contributed by atoms with Crippen LogP contribution in [0, 0.1) is 0 Å². The Balaban J connectivity index is 1.72. The zero-order valence-electron chi connectivity index (χ0n) is 14.1. The van der Waals surface area contributed by atoms with Crippen LogP contribution in [0.3, 0.4) is 0 Å². The standard InChI is InChI=1S/C19H23NO4/c1-20(13-14-24-17-10-8-16(23-2)9-11-17)19(22)12-7-15-5-3-4-6-18(15)21/h3-6,8-11,21H,7,12-14H2,1-2H3. The third-order valence-corrected chi connectivity index (χ3v) is 3.78. The summed E-state index contributed by atoms with van der Waals surface area (Å²) in [6, 6.07) is 14.4. The second-order valence-corrected chi connectivity index (χ2v) is 5.47. The molecule has 0 bridgehead atoms. The van der Waals surface area contributed by atoms with Gasteiger partial charge in [-0.3, -0.25) is 4.79 Å². The summed E-state index contributed by atoms with van der Waals surface area (Å²) in [5, 5.41) is 9.71. The molecule has 2 rings (SSSR count). The Labute approximate surface area is 142 Å². The number of nitrogens with zero attached hydrogens (tertiary/aromatic N) is 1. The quantitative estimate of drug-likeness (QED) is 0.809. The highest BCUT2D eigenvalue weighted by atomic mass is 16.5. The van der Waals surface area contributed by atoms with Crippen molar-refractivity contribution in [2.45, 2.75) is 12.8 Å². The van der Waals surface area contributed by atoms with Crippen LogP contribution in [0.1, 0.15) is 12.0 Å². The molecule has 0 aliphatic rings. The lowest BCUT2D eigenvalue weighted by molar-refractivity contribution is -0.130. The third kappa shape index (κ3) is 5.19. The van der Waals surface area contributed by atoms with E-state index in [0.29, 0.717) is 26.0 Å². The molecule has 0 unspecified atom stereocenters. The fraction of sp³-hybridized carbons (Fsp3) is 0.316. The maximum Gasteiger partial charge on any atom is 0.222 e. The van der Waals surface area contributed by atoms with E-state index in [9.17, 15) is 9.90 Å². The van der Waals surface area contributed by atoms with Gasteiger partial charge in [-0.1, -0.05) is 18.2 Å². The summed E-state index contributed by atoms with van der Waals surface area (Å²) in [7, 11) is 3.37. The van der Waals surface area contributed by atoms with Gasteiger partial charge in [-0.2, -0.15) is 0 Å². The molecule has 1 N–H and O–H groups in total. The molecule has 128 valence electrons. The van der Waals surface area contributed by atoms with Gasteiger partial charge in [0.05, 0.1) is 13.7 Å². The van der Waals surface area contributed by atoms with E-state index in [4.69, 9.17) is 9.47 Å². The maximum atomic E-state index is 12.1. The first-order valence-corrected chi connectivity index (χ1v) is 7.88. The number of phenolic OH excluding ortho intramolecular Hbond substituents is 1. The number of rotatable bonds is 8. The average molecular weight is 329 g/mol. The molecule has 5 nitrogen and oxygen atoms in total. The van der Waals surface area contributed by atoms with Crippen molar-refractivity contribution in [3.05, 3.63) is 54.1 Å². The van der Waals surface area contributed by atoms with Crippen LogP contribution in [0.15, 0.2) is 48.5 Å². The summed E-state index contributed by atoms with van der Waals surface area (Å²) in [4.78, 5) is 13.8. The van der Waals surface area contributed by atoms with E-state index in [-0.39, 0.29) is 11.7 Å². The fourth-order valence-electron chi connectivity index (χ4n) is 2.25. The van der Waals surface area contributed by atoms with E-state index in [2.05, 4.69) is 0 Å². The first-order chi connectivity index (χ1) is 11.6. The highest BCUT2D eigenvalue weighted by Crippen LogP contribution is 2.18. The van der Waals surface area contributed by atoms with E-state index in [1.807, 2.05) is 36.4 Å². The van der Waals surface area contributed by atoms with Crippen molar-refractivity contribution < 1.29 is 19.4 Å². The number of hydrogen-bond acceptors (Lipinski definition) is 4. The van der Waals surface area contributed by atoms with Gasteiger partial charge in [0.1, 0.15) is 23.9 Å². The number of ether oxygens (including phenoxy) is 2. The zero-order chi connectivity index (χ0) is 17.4. The molecule has 0 radical (unpaired) electrons. The van der Waals surface area contributed by atoms with Crippen LogP contribution in [-0.2, 0) is 11.2 Å². The summed E-state index contributed by atoms with van der Waals surface area (Å²) in [6.07, 6.45) is 0.881. The van der Waals surface area contributed by atoms with Gasteiger partial charge in [0, 0.05) is 13.5 Å². The second-order valence-electron chi connectivity index (χ2n) is 5.47. The number of carbonyl (C=O) groups excluding carboxylic acids is 1. The predicted molar refractivity (Wildman–Crippen MR) is 92.6 cm³/mol. The molecule has 0 heterocycles. The van der Waals surface area contributed by atoms with Crippen molar-refractivity contribution in [2.75, 3.05) is 27.3 Å². The molecular weight excluding hydrogens is 306 g/mol. The van der Waals surface area contributed by atoms with Crippen LogP contribution in [0.2, 0.25) is 0 Å². The molecule has 0 fully saturated rings. The molecule has 0 aliphatic heterocycles. The Morgan fingerprint density at radius 3 is 2.42 bits per heavy atom. The average Bonchev–Trinajstić information content (AvgIpc) is 2.61. The van der Waals surface area contributed by atoms with Crippen LogP contribution in [0.25, 0.3) is 0 Å². The van der Waals surface area contributed by atoms with Crippen LogP contribution in [0.4, 0.5) is 0 Å². The van der Waals surface area contributed by atoms with Gasteiger partial charge in [-0.05, 0) is 42.3 Å². The number of para-hydroxylation sites is 1. The molecule has 0 spiro atoms. The molecule has 0 aromatic heterocycles. The van der Waals surface area contributed by atoms with E-state index >= 15 is 0 Å². The minimum absolute atomic E-state index is 0.0246. The lowest BCUT2D eigenvalue weighted by atomic mass is 10.1. The van der Waals surface area contributed by atoms with Crippen molar-refractivity contribution in [1.82, 2.24) is 4.90 Å². The van der Waals surface area contributed by atoms with Crippen molar-refractivity contribution in [1.29, 1.82) is 0 Å². The van der Waals surface area contributed by atoms with E-state index in [0.717, 1.165) is 17.1 Å². The number of likely N-dealkylation sites (N-methyl/N-ethyl adjacent to an activating group) is 1. The summed E-state index contributed by atoms with van der Waals surface area (Å²) in [5.74, 6) is 1.78. The number of benzene rings is 2. The largest absolute Gasteiger partial charge is 0.508 e. The number of hydrogen-bond donors (Lipinski definition) is 1. The van der Waals surface area contributed by atoms with Gasteiger partial charge in [0.25, 0.3) is 0 Å². The smallest absolute Gasteiger partial charge is 0.222 e. The van der Waals surface area contributed by atoms with E-state index in [1.54, 1.807) is 31.2 Å². The van der Waals surface area contributed by atoms with Gasteiger partial charge in [-0.25, -0.2) is 0 Å². The molecular formula is C19H23NO4. The van der Waals surface area contributed by atoms with Gasteiger partial charge < -0.3 is 19.5 Å². The molecule has 1 amide bonds. The monoisotopic (exact) mass is 329 g/mol. The Kier molecular flexibility index (Phi) is 6.49. The van der Waals surface area contributed by atoms with Gasteiger partial charge in [0.15, 0.2) is 0 Å². The maximum absolute atomic E-state index is 12.1. The third-order valence-electron chi connectivity index (χ3n) is 3.78. The highest BCUT2D eigenvalue weighted by molar-refractivity contribution is 5.76. The predicted octanol–water partition coefficient (Wildman–Crippen LogP) is 2.87. The van der Waals surface area contributed by atoms with Crippen LogP contribution >= 0.6 is 0 Å². The van der Waals surface area contributed by atoms with Crippen molar-refractivity contribution in [2.24, 2.45) is 0 Å². The van der Waals surface area contributed by atoms with Crippen molar-refractivity contribution in [3.63, 3.8) is 0 Å².